The van der Waals surface area contributed by atoms with Gasteiger partial charge in [0.1, 0.15) is 5.37 Å². The summed E-state index contributed by atoms with van der Waals surface area (Å²) in [5, 5.41) is 9.24. The third-order valence-electron chi connectivity index (χ3n) is 3.41. The van der Waals surface area contributed by atoms with E-state index in [9.17, 15) is 13.5 Å². The van der Waals surface area contributed by atoms with E-state index in [2.05, 4.69) is 4.98 Å². The summed E-state index contributed by atoms with van der Waals surface area (Å²) in [5.74, 6) is 1.49. The van der Waals surface area contributed by atoms with Crippen LogP contribution in [0.25, 0.3) is 0 Å². The summed E-state index contributed by atoms with van der Waals surface area (Å²) < 4.78 is 23.8. The summed E-state index contributed by atoms with van der Waals surface area (Å²) in [4.78, 5) is 6.14. The van der Waals surface area contributed by atoms with Crippen LogP contribution in [0.3, 0.4) is 0 Å². The molecule has 2 heterocycles. The molecule has 20 heavy (non-hydrogen) atoms. The van der Waals surface area contributed by atoms with Crippen LogP contribution in [0.4, 0.5) is 5.69 Å². The maximum Gasteiger partial charge on any atom is 0.169 e. The van der Waals surface area contributed by atoms with Crippen LogP contribution in [0.15, 0.2) is 18.3 Å². The maximum atomic E-state index is 11.9. The number of pyridine rings is 1. The second-order valence-corrected chi connectivity index (χ2v) is 8.27. The summed E-state index contributed by atoms with van der Waals surface area (Å²) in [6.45, 7) is 2.58. The van der Waals surface area contributed by atoms with E-state index < -0.39 is 21.3 Å². The van der Waals surface area contributed by atoms with Crippen molar-refractivity contribution in [2.75, 3.05) is 29.2 Å². The summed E-state index contributed by atoms with van der Waals surface area (Å²) in [7, 11) is -3.13. The quantitative estimate of drug-likeness (QED) is 0.906. The van der Waals surface area contributed by atoms with Gasteiger partial charge < -0.3 is 10.0 Å². The number of sulfone groups is 1. The fourth-order valence-electron chi connectivity index (χ4n) is 2.20. The van der Waals surface area contributed by atoms with Gasteiger partial charge in [-0.25, -0.2) is 8.42 Å². The molecular weight excluding hydrogens is 296 g/mol. The molecule has 7 heteroatoms. The number of anilines is 1. The van der Waals surface area contributed by atoms with Crippen molar-refractivity contribution in [1.29, 1.82) is 0 Å². The Bertz CT molecular complexity index is 545. The van der Waals surface area contributed by atoms with Crippen LogP contribution in [0, 0.1) is 0 Å². The Morgan fingerprint density at radius 1 is 1.55 bits per heavy atom. The molecule has 1 aliphatic rings. The van der Waals surface area contributed by atoms with Gasteiger partial charge in [0.25, 0.3) is 0 Å². The molecule has 1 aromatic rings. The minimum absolute atomic E-state index is 0.495. The average Bonchev–Trinajstić information content (AvgIpc) is 2.46. The smallest absolute Gasteiger partial charge is 0.169 e. The van der Waals surface area contributed by atoms with Gasteiger partial charge in [0.2, 0.25) is 0 Å². The molecule has 0 spiro atoms. The number of aliphatic hydroxyl groups excluding tert-OH is 1. The van der Waals surface area contributed by atoms with Crippen LogP contribution < -0.4 is 4.90 Å². The zero-order chi connectivity index (χ0) is 14.8. The lowest BCUT2D eigenvalue weighted by Gasteiger charge is -2.35. The van der Waals surface area contributed by atoms with Gasteiger partial charge in [0, 0.05) is 24.3 Å². The molecule has 5 nitrogen and oxygen atoms in total. The SMILES string of the molecule is CC[C@@H](O)c1ccc(N2CCSCC2S(C)(=O)=O)cn1. The van der Waals surface area contributed by atoms with E-state index in [1.54, 1.807) is 24.0 Å². The minimum Gasteiger partial charge on any atom is -0.387 e. The van der Waals surface area contributed by atoms with Crippen molar-refractivity contribution in [1.82, 2.24) is 4.98 Å². The van der Waals surface area contributed by atoms with Crippen LogP contribution >= 0.6 is 11.8 Å². The monoisotopic (exact) mass is 316 g/mol. The molecular formula is C13H20N2O3S2. The summed E-state index contributed by atoms with van der Waals surface area (Å²) in [6.07, 6.45) is 2.98. The van der Waals surface area contributed by atoms with E-state index in [1.807, 2.05) is 17.9 Å². The molecule has 0 amide bonds. The number of aromatic nitrogens is 1. The molecule has 112 valence electrons. The standard InChI is InChI=1S/C13H20N2O3S2/c1-3-12(16)11-5-4-10(8-14-11)15-6-7-19-9-13(15)20(2,17)18/h4-5,8,12-13,16H,3,6-7,9H2,1-2H3/t12-,13?/m1/s1. The Balaban J connectivity index is 2.25. The molecule has 0 bridgehead atoms. The third-order valence-corrected chi connectivity index (χ3v) is 6.05. The Labute approximate surface area is 124 Å². The number of thioether (sulfide) groups is 1. The highest BCUT2D eigenvalue weighted by molar-refractivity contribution is 8.01. The van der Waals surface area contributed by atoms with Gasteiger partial charge in [-0.15, -0.1) is 0 Å². The Kier molecular flexibility index (Phi) is 4.93. The average molecular weight is 316 g/mol. The van der Waals surface area contributed by atoms with E-state index >= 15 is 0 Å². The fourth-order valence-corrected chi connectivity index (χ4v) is 5.05. The molecule has 1 unspecified atom stereocenters. The highest BCUT2D eigenvalue weighted by Crippen LogP contribution is 2.27. The second-order valence-electron chi connectivity index (χ2n) is 4.92. The Morgan fingerprint density at radius 2 is 2.30 bits per heavy atom. The zero-order valence-corrected chi connectivity index (χ0v) is 13.3. The third kappa shape index (κ3) is 3.45. The van der Waals surface area contributed by atoms with E-state index in [1.165, 1.54) is 6.26 Å². The normalized spacial score (nSPS) is 21.8. The first kappa shape index (κ1) is 15.6. The van der Waals surface area contributed by atoms with Crippen LogP contribution in [-0.4, -0.2) is 48.2 Å². The highest BCUT2D eigenvalue weighted by atomic mass is 32.2. The molecule has 0 saturated carbocycles. The van der Waals surface area contributed by atoms with E-state index in [0.717, 1.165) is 11.4 Å². The van der Waals surface area contributed by atoms with Crippen molar-refractivity contribution >= 4 is 27.3 Å². The minimum atomic E-state index is -3.13. The summed E-state index contributed by atoms with van der Waals surface area (Å²) in [6, 6.07) is 3.61. The van der Waals surface area contributed by atoms with Crippen molar-refractivity contribution in [2.24, 2.45) is 0 Å². The van der Waals surface area contributed by atoms with Crippen LogP contribution in [0.1, 0.15) is 25.1 Å². The molecule has 1 aliphatic heterocycles. The molecule has 2 rings (SSSR count). The van der Waals surface area contributed by atoms with E-state index in [-0.39, 0.29) is 0 Å². The molecule has 1 N–H and O–H groups in total. The summed E-state index contributed by atoms with van der Waals surface area (Å²) >= 11 is 1.66. The summed E-state index contributed by atoms with van der Waals surface area (Å²) in [5.41, 5.74) is 1.42. The topological polar surface area (TPSA) is 70.5 Å². The first-order valence-corrected chi connectivity index (χ1v) is 9.71. The number of hydrogen-bond donors (Lipinski definition) is 1. The lowest BCUT2D eigenvalue weighted by molar-refractivity contribution is 0.169. The molecule has 1 saturated heterocycles. The van der Waals surface area contributed by atoms with Gasteiger partial charge in [-0.2, -0.15) is 11.8 Å². The van der Waals surface area contributed by atoms with Gasteiger partial charge in [0.15, 0.2) is 9.84 Å². The van der Waals surface area contributed by atoms with Gasteiger partial charge >= 0.3 is 0 Å². The van der Waals surface area contributed by atoms with E-state index in [0.29, 0.717) is 24.4 Å². The number of nitrogens with zero attached hydrogens (tertiary/aromatic N) is 2. The molecule has 0 aliphatic carbocycles. The highest BCUT2D eigenvalue weighted by Gasteiger charge is 2.31. The van der Waals surface area contributed by atoms with Crippen LogP contribution in [0.2, 0.25) is 0 Å². The molecule has 0 radical (unpaired) electrons. The molecule has 1 fully saturated rings. The maximum absolute atomic E-state index is 11.9. The number of aliphatic hydroxyl groups is 1. The van der Waals surface area contributed by atoms with Gasteiger partial charge in [-0.05, 0) is 18.6 Å². The van der Waals surface area contributed by atoms with Crippen molar-refractivity contribution in [2.45, 2.75) is 24.8 Å². The van der Waals surface area contributed by atoms with Crippen molar-refractivity contribution < 1.29 is 13.5 Å². The van der Waals surface area contributed by atoms with Crippen LogP contribution in [-0.2, 0) is 9.84 Å². The van der Waals surface area contributed by atoms with Gasteiger partial charge in [-0.3, -0.25) is 4.98 Å². The Hall–Kier alpha value is -0.790. The lowest BCUT2D eigenvalue weighted by Crippen LogP contribution is -2.47. The van der Waals surface area contributed by atoms with Crippen LogP contribution in [0.5, 0.6) is 0 Å². The fraction of sp³-hybridized carbons (Fsp3) is 0.615. The first-order chi connectivity index (χ1) is 9.43. The molecule has 0 aromatic carbocycles. The molecule has 2 atom stereocenters. The van der Waals surface area contributed by atoms with Gasteiger partial charge in [-0.1, -0.05) is 6.92 Å². The molecule has 1 aromatic heterocycles. The largest absolute Gasteiger partial charge is 0.387 e. The van der Waals surface area contributed by atoms with Crippen molar-refractivity contribution in [3.8, 4) is 0 Å². The number of hydrogen-bond acceptors (Lipinski definition) is 6. The number of rotatable bonds is 4. The predicted molar refractivity (Wildman–Crippen MR) is 82.8 cm³/mol. The Morgan fingerprint density at radius 3 is 2.85 bits per heavy atom. The predicted octanol–water partition coefficient (Wildman–Crippen LogP) is 1.45. The van der Waals surface area contributed by atoms with Gasteiger partial charge in [0.05, 0.1) is 23.7 Å². The first-order valence-electron chi connectivity index (χ1n) is 6.60. The van der Waals surface area contributed by atoms with Crippen molar-refractivity contribution in [3.05, 3.63) is 24.0 Å². The van der Waals surface area contributed by atoms with E-state index in [4.69, 9.17) is 0 Å². The van der Waals surface area contributed by atoms with Crippen molar-refractivity contribution in [3.63, 3.8) is 0 Å². The lowest BCUT2D eigenvalue weighted by atomic mass is 10.2. The zero-order valence-electron chi connectivity index (χ0n) is 11.7. The second kappa shape index (κ2) is 6.32.